The molecule has 0 fully saturated rings. The summed E-state index contributed by atoms with van der Waals surface area (Å²) in [6.45, 7) is 0. The van der Waals surface area contributed by atoms with Gasteiger partial charge in [-0.2, -0.15) is 0 Å². The summed E-state index contributed by atoms with van der Waals surface area (Å²) >= 11 is 5.91. The van der Waals surface area contributed by atoms with Gasteiger partial charge in [0, 0.05) is 11.8 Å². The van der Waals surface area contributed by atoms with Gasteiger partial charge in [-0.25, -0.2) is 0 Å². The number of alkyl halides is 1. The normalized spacial score (nSPS) is 12.4. The van der Waals surface area contributed by atoms with Crippen LogP contribution < -0.4 is 5.73 Å². The maximum Gasteiger partial charge on any atom is 0.218 e. The number of halogens is 1. The lowest BCUT2D eigenvalue weighted by molar-refractivity contribution is -0.118. The fraction of sp³-hybridized carbons (Fsp3) is 0.300. The number of nitrogens with two attached hydrogens (primary N) is 1. The minimum atomic E-state index is -0.351. The molecule has 1 amide bonds. The summed E-state index contributed by atoms with van der Waals surface area (Å²) in [6.07, 6.45) is 0.918. The van der Waals surface area contributed by atoms with Crippen LogP contribution >= 0.6 is 11.6 Å². The molecule has 1 aromatic carbocycles. The quantitative estimate of drug-likeness (QED) is 0.734. The zero-order valence-electron chi connectivity index (χ0n) is 7.24. The second-order valence-corrected chi connectivity index (χ2v) is 3.57. The molecule has 0 spiro atoms. The van der Waals surface area contributed by atoms with Gasteiger partial charge in [-0.15, -0.1) is 11.6 Å². The number of amides is 1. The average molecular weight is 198 g/mol. The van der Waals surface area contributed by atoms with Crippen LogP contribution in [0.15, 0.2) is 30.3 Å². The minimum Gasteiger partial charge on any atom is -0.370 e. The second kappa shape index (κ2) is 4.87. The van der Waals surface area contributed by atoms with Crippen molar-refractivity contribution in [2.24, 2.45) is 5.73 Å². The maximum absolute atomic E-state index is 10.5. The van der Waals surface area contributed by atoms with E-state index in [1.54, 1.807) is 0 Å². The van der Waals surface area contributed by atoms with Gasteiger partial charge >= 0.3 is 0 Å². The monoisotopic (exact) mass is 197 g/mol. The van der Waals surface area contributed by atoms with E-state index in [0.717, 1.165) is 5.56 Å². The van der Waals surface area contributed by atoms with E-state index in [1.165, 1.54) is 0 Å². The standard InChI is InChI=1S/C10H12ClNO/c11-9(7-10(12)13)6-8-4-2-1-3-5-8/h1-5,9H,6-7H2,(H2,12,13). The molecule has 13 heavy (non-hydrogen) atoms. The molecule has 70 valence electrons. The Labute approximate surface area is 82.7 Å². The molecule has 2 nitrogen and oxygen atoms in total. The van der Waals surface area contributed by atoms with Gasteiger partial charge in [0.15, 0.2) is 0 Å². The SMILES string of the molecule is NC(=O)CC(Cl)Cc1ccccc1. The Hall–Kier alpha value is -1.02. The Morgan fingerprint density at radius 3 is 2.54 bits per heavy atom. The third-order valence-corrected chi connectivity index (χ3v) is 2.03. The molecule has 1 rings (SSSR count). The predicted octanol–water partition coefficient (Wildman–Crippen LogP) is 1.71. The van der Waals surface area contributed by atoms with Gasteiger partial charge < -0.3 is 5.73 Å². The van der Waals surface area contributed by atoms with Gasteiger partial charge in [-0.05, 0) is 12.0 Å². The van der Waals surface area contributed by atoms with Crippen LogP contribution in [0.1, 0.15) is 12.0 Å². The fourth-order valence-corrected chi connectivity index (χ4v) is 1.49. The number of hydrogen-bond donors (Lipinski definition) is 1. The molecule has 3 heteroatoms. The maximum atomic E-state index is 10.5. The molecule has 0 heterocycles. The molecule has 2 N–H and O–H groups in total. The highest BCUT2D eigenvalue weighted by Crippen LogP contribution is 2.10. The lowest BCUT2D eigenvalue weighted by Gasteiger charge is -2.06. The molecule has 0 aliphatic carbocycles. The van der Waals surface area contributed by atoms with Gasteiger partial charge in [0.2, 0.25) is 5.91 Å². The first kappa shape index (κ1) is 10.1. The van der Waals surface area contributed by atoms with Crippen LogP contribution in [-0.2, 0) is 11.2 Å². The molecule has 1 aromatic rings. The number of benzene rings is 1. The van der Waals surface area contributed by atoms with Crippen molar-refractivity contribution in [3.63, 3.8) is 0 Å². The Bertz CT molecular complexity index is 274. The molecule has 0 saturated heterocycles. The highest BCUT2D eigenvalue weighted by Gasteiger charge is 2.08. The zero-order valence-corrected chi connectivity index (χ0v) is 8.00. The van der Waals surface area contributed by atoms with Crippen molar-refractivity contribution in [2.45, 2.75) is 18.2 Å². The van der Waals surface area contributed by atoms with Crippen molar-refractivity contribution in [2.75, 3.05) is 0 Å². The first-order valence-electron chi connectivity index (χ1n) is 4.15. The van der Waals surface area contributed by atoms with Gasteiger partial charge in [0.05, 0.1) is 0 Å². The van der Waals surface area contributed by atoms with E-state index < -0.39 is 0 Å². The van der Waals surface area contributed by atoms with Gasteiger partial charge in [0.25, 0.3) is 0 Å². The predicted molar refractivity (Wildman–Crippen MR) is 53.6 cm³/mol. The van der Waals surface area contributed by atoms with E-state index in [-0.39, 0.29) is 17.7 Å². The number of hydrogen-bond acceptors (Lipinski definition) is 1. The zero-order chi connectivity index (χ0) is 9.68. The third kappa shape index (κ3) is 3.95. The summed E-state index contributed by atoms with van der Waals surface area (Å²) in [5.74, 6) is -0.351. The average Bonchev–Trinajstić information content (AvgIpc) is 2.04. The first-order chi connectivity index (χ1) is 6.18. The highest BCUT2D eigenvalue weighted by atomic mass is 35.5. The Morgan fingerprint density at radius 1 is 1.38 bits per heavy atom. The summed E-state index contributed by atoms with van der Waals surface area (Å²) in [4.78, 5) is 10.5. The largest absolute Gasteiger partial charge is 0.370 e. The third-order valence-electron chi connectivity index (χ3n) is 1.72. The number of carbonyl (C=O) groups excluding carboxylic acids is 1. The molecule has 0 bridgehead atoms. The van der Waals surface area contributed by atoms with Crippen LogP contribution in [0.5, 0.6) is 0 Å². The van der Waals surface area contributed by atoms with E-state index in [9.17, 15) is 4.79 Å². The number of rotatable bonds is 4. The molecular formula is C10H12ClNO. The van der Waals surface area contributed by atoms with Crippen molar-refractivity contribution in [1.82, 2.24) is 0 Å². The minimum absolute atomic E-state index is 0.195. The molecule has 0 saturated carbocycles. The van der Waals surface area contributed by atoms with Crippen LogP contribution in [0.2, 0.25) is 0 Å². The lowest BCUT2D eigenvalue weighted by atomic mass is 10.1. The molecule has 0 aliphatic heterocycles. The van der Waals surface area contributed by atoms with Crippen molar-refractivity contribution < 1.29 is 4.79 Å². The number of primary amides is 1. The molecule has 0 aliphatic rings. The summed E-state index contributed by atoms with van der Waals surface area (Å²) < 4.78 is 0. The lowest BCUT2D eigenvalue weighted by Crippen LogP contribution is -2.17. The van der Waals surface area contributed by atoms with E-state index >= 15 is 0 Å². The first-order valence-corrected chi connectivity index (χ1v) is 4.58. The van der Waals surface area contributed by atoms with Crippen molar-refractivity contribution in [3.8, 4) is 0 Å². The smallest absolute Gasteiger partial charge is 0.218 e. The van der Waals surface area contributed by atoms with Crippen LogP contribution in [0.3, 0.4) is 0 Å². The summed E-state index contributed by atoms with van der Waals surface area (Å²) in [5, 5.41) is -0.195. The van der Waals surface area contributed by atoms with Crippen LogP contribution in [0.4, 0.5) is 0 Å². The Balaban J connectivity index is 2.45. The second-order valence-electron chi connectivity index (χ2n) is 2.96. The van der Waals surface area contributed by atoms with Crippen molar-refractivity contribution in [3.05, 3.63) is 35.9 Å². The fourth-order valence-electron chi connectivity index (χ4n) is 1.16. The number of carbonyl (C=O) groups is 1. The van der Waals surface area contributed by atoms with Gasteiger partial charge in [0.1, 0.15) is 0 Å². The van der Waals surface area contributed by atoms with E-state index in [2.05, 4.69) is 0 Å². The molecular weight excluding hydrogens is 186 g/mol. The van der Waals surface area contributed by atoms with E-state index in [4.69, 9.17) is 17.3 Å². The molecule has 1 atom stereocenters. The Morgan fingerprint density at radius 2 is 2.00 bits per heavy atom. The summed E-state index contributed by atoms with van der Waals surface area (Å²) in [5.41, 5.74) is 6.15. The summed E-state index contributed by atoms with van der Waals surface area (Å²) in [7, 11) is 0. The summed E-state index contributed by atoms with van der Waals surface area (Å²) in [6, 6.07) is 9.81. The highest BCUT2D eigenvalue weighted by molar-refractivity contribution is 6.21. The van der Waals surface area contributed by atoms with E-state index in [1.807, 2.05) is 30.3 Å². The molecule has 0 radical (unpaired) electrons. The molecule has 1 unspecified atom stereocenters. The van der Waals surface area contributed by atoms with Crippen LogP contribution in [0.25, 0.3) is 0 Å². The van der Waals surface area contributed by atoms with Crippen molar-refractivity contribution in [1.29, 1.82) is 0 Å². The van der Waals surface area contributed by atoms with Crippen LogP contribution in [0, 0.1) is 0 Å². The topological polar surface area (TPSA) is 43.1 Å². The van der Waals surface area contributed by atoms with Gasteiger partial charge in [-0.3, -0.25) is 4.79 Å². The Kier molecular flexibility index (Phi) is 3.77. The van der Waals surface area contributed by atoms with Crippen LogP contribution in [-0.4, -0.2) is 11.3 Å². The van der Waals surface area contributed by atoms with Gasteiger partial charge in [-0.1, -0.05) is 30.3 Å². The van der Waals surface area contributed by atoms with E-state index in [0.29, 0.717) is 6.42 Å². The molecule has 0 aromatic heterocycles. The van der Waals surface area contributed by atoms with Crippen molar-refractivity contribution >= 4 is 17.5 Å².